The summed E-state index contributed by atoms with van der Waals surface area (Å²) in [6.45, 7) is 0. The van der Waals surface area contributed by atoms with Gasteiger partial charge in [0.1, 0.15) is 0 Å². The fourth-order valence-corrected chi connectivity index (χ4v) is 11.7. The Labute approximate surface area is 377 Å². The van der Waals surface area contributed by atoms with Gasteiger partial charge in [-0.15, -0.1) is 0 Å². The zero-order valence-corrected chi connectivity index (χ0v) is 35.5. The highest BCUT2D eigenvalue weighted by molar-refractivity contribution is 6.14. The van der Waals surface area contributed by atoms with Crippen molar-refractivity contribution in [2.24, 2.45) is 0 Å². The maximum absolute atomic E-state index is 2.52. The van der Waals surface area contributed by atoms with E-state index in [0.717, 1.165) is 17.1 Å². The minimum absolute atomic E-state index is 0.488. The monoisotopic (exact) mass is 824 g/mol. The van der Waals surface area contributed by atoms with Gasteiger partial charge >= 0.3 is 0 Å². The molecule has 12 aromatic rings. The van der Waals surface area contributed by atoms with Gasteiger partial charge in [-0.05, 0) is 138 Å². The molecule has 1 aliphatic carbocycles. The molecule has 1 atom stereocenters. The van der Waals surface area contributed by atoms with Crippen LogP contribution in [0.15, 0.2) is 243 Å². The molecule has 302 valence electrons. The van der Waals surface area contributed by atoms with Gasteiger partial charge in [0.25, 0.3) is 0 Å². The van der Waals surface area contributed by atoms with Crippen LogP contribution in [0, 0.1) is 0 Å². The minimum atomic E-state index is -0.488. The van der Waals surface area contributed by atoms with Crippen LogP contribution in [0.1, 0.15) is 22.3 Å². The highest BCUT2D eigenvalue weighted by atomic mass is 15.1. The summed E-state index contributed by atoms with van der Waals surface area (Å²) in [7, 11) is 0. The van der Waals surface area contributed by atoms with E-state index in [2.05, 4.69) is 252 Å². The van der Waals surface area contributed by atoms with E-state index in [0.29, 0.717) is 0 Å². The lowest BCUT2D eigenvalue weighted by Gasteiger charge is -2.39. The zero-order chi connectivity index (χ0) is 42.6. The fraction of sp³-hybridized carbons (Fsp3) is 0.0159. The van der Waals surface area contributed by atoms with Crippen molar-refractivity contribution in [3.8, 4) is 39.1 Å². The Hall–Kier alpha value is -8.46. The van der Waals surface area contributed by atoms with Crippen LogP contribution in [-0.4, -0.2) is 4.57 Å². The minimum Gasteiger partial charge on any atom is -0.311 e. The van der Waals surface area contributed by atoms with Gasteiger partial charge in [-0.25, -0.2) is 0 Å². The third kappa shape index (κ3) is 5.05. The normalized spacial score (nSPS) is 14.5. The van der Waals surface area contributed by atoms with Crippen LogP contribution in [0.5, 0.6) is 0 Å². The number of benzene rings is 11. The zero-order valence-electron chi connectivity index (χ0n) is 35.5. The van der Waals surface area contributed by atoms with Crippen LogP contribution in [0.3, 0.4) is 0 Å². The molecule has 0 saturated heterocycles. The summed E-state index contributed by atoms with van der Waals surface area (Å²) >= 11 is 0. The molecular weight excluding hydrogens is 785 g/mol. The maximum atomic E-state index is 2.52. The maximum Gasteiger partial charge on any atom is 0.0754 e. The molecule has 1 unspecified atom stereocenters. The second-order valence-electron chi connectivity index (χ2n) is 17.6. The van der Waals surface area contributed by atoms with E-state index >= 15 is 0 Å². The molecule has 14 rings (SSSR count). The predicted octanol–water partition coefficient (Wildman–Crippen LogP) is 16.6. The summed E-state index contributed by atoms with van der Waals surface area (Å²) in [5.41, 5.74) is 19.4. The van der Waals surface area contributed by atoms with Crippen LogP contribution >= 0.6 is 0 Å². The molecular formula is C63H40N2. The van der Waals surface area contributed by atoms with E-state index in [1.165, 1.54) is 105 Å². The number of fused-ring (bicyclic) bond motifs is 15. The lowest BCUT2D eigenvalue weighted by Crippen LogP contribution is -2.33. The van der Waals surface area contributed by atoms with Crippen LogP contribution in [-0.2, 0) is 5.41 Å². The van der Waals surface area contributed by atoms with Crippen molar-refractivity contribution < 1.29 is 0 Å². The number of aromatic nitrogens is 1. The van der Waals surface area contributed by atoms with E-state index in [4.69, 9.17) is 0 Å². The smallest absolute Gasteiger partial charge is 0.0754 e. The Balaban J connectivity index is 0.895. The molecule has 0 N–H and O–H groups in total. The quantitative estimate of drug-likeness (QED) is 0.157. The van der Waals surface area contributed by atoms with Crippen molar-refractivity contribution in [2.75, 3.05) is 4.90 Å². The first kappa shape index (κ1) is 36.1. The third-order valence-corrected chi connectivity index (χ3v) is 14.4. The molecule has 0 bridgehead atoms. The van der Waals surface area contributed by atoms with Gasteiger partial charge in [-0.3, -0.25) is 0 Å². The van der Waals surface area contributed by atoms with E-state index in [1.807, 2.05) is 0 Å². The molecule has 65 heavy (non-hydrogen) atoms. The van der Waals surface area contributed by atoms with Crippen LogP contribution in [0.4, 0.5) is 17.1 Å². The largest absolute Gasteiger partial charge is 0.311 e. The van der Waals surface area contributed by atoms with Crippen molar-refractivity contribution in [1.29, 1.82) is 0 Å². The van der Waals surface area contributed by atoms with Gasteiger partial charge in [0.05, 0.1) is 22.1 Å². The molecule has 1 aliphatic heterocycles. The van der Waals surface area contributed by atoms with Crippen LogP contribution in [0.2, 0.25) is 0 Å². The van der Waals surface area contributed by atoms with Gasteiger partial charge < -0.3 is 9.47 Å². The Morgan fingerprint density at radius 1 is 0.308 bits per heavy atom. The van der Waals surface area contributed by atoms with Gasteiger partial charge in [0.2, 0.25) is 0 Å². The van der Waals surface area contributed by atoms with Crippen molar-refractivity contribution >= 4 is 60.4 Å². The Morgan fingerprint density at radius 3 is 1.69 bits per heavy atom. The number of rotatable bonds is 5. The molecule has 2 heteroatoms. The molecule has 0 fully saturated rings. The summed E-state index contributed by atoms with van der Waals surface area (Å²) < 4.78 is 2.52. The first-order chi connectivity index (χ1) is 32.3. The number of anilines is 3. The molecule has 11 aromatic carbocycles. The van der Waals surface area contributed by atoms with Gasteiger partial charge in [0.15, 0.2) is 0 Å². The fourth-order valence-electron chi connectivity index (χ4n) is 11.7. The van der Waals surface area contributed by atoms with E-state index in [9.17, 15) is 0 Å². The first-order valence-electron chi connectivity index (χ1n) is 22.6. The molecule has 2 nitrogen and oxygen atoms in total. The van der Waals surface area contributed by atoms with Crippen molar-refractivity contribution in [2.45, 2.75) is 5.41 Å². The van der Waals surface area contributed by atoms with E-state index in [-0.39, 0.29) is 0 Å². The summed E-state index contributed by atoms with van der Waals surface area (Å²) in [5.74, 6) is 0. The standard InChI is InChI=1S/C63H40N2/c1-2-16-45(17-3-1)64(47-36-31-42(32-37-47)55-39-44-15-4-5-18-48(44)49-19-6-7-20-50(49)55)46-34-29-41(30-35-46)43-33-38-52-51-21-8-10-24-56(51)63(59(52)40-43)57-25-11-13-28-61(57)65-60-27-12-9-22-53(60)54-23-14-26-58(63)62(54)65/h1-40H. The van der Waals surface area contributed by atoms with E-state index < -0.39 is 5.41 Å². The van der Waals surface area contributed by atoms with Gasteiger partial charge in [-0.1, -0.05) is 182 Å². The van der Waals surface area contributed by atoms with Gasteiger partial charge in [0, 0.05) is 27.8 Å². The Morgan fingerprint density at radius 2 is 0.877 bits per heavy atom. The lowest BCUT2D eigenvalue weighted by molar-refractivity contribution is 0.749. The number of para-hydroxylation sites is 4. The Kier molecular flexibility index (Phi) is 7.64. The topological polar surface area (TPSA) is 8.17 Å². The molecule has 2 aliphatic rings. The predicted molar refractivity (Wildman–Crippen MR) is 272 cm³/mol. The molecule has 1 spiro atoms. The molecule has 0 saturated carbocycles. The highest BCUT2D eigenvalue weighted by Gasteiger charge is 2.50. The lowest BCUT2D eigenvalue weighted by atomic mass is 9.65. The first-order valence-corrected chi connectivity index (χ1v) is 22.6. The summed E-state index contributed by atoms with van der Waals surface area (Å²) in [6, 6.07) is 90.0. The SMILES string of the molecule is c1ccc(N(c2ccc(-c3ccc4c(c3)C3(c5ccccc5-4)c4ccccc4-n4c5ccccc5c5cccc3c54)cc2)c2ccc(-c3cc4ccccc4c4ccccc34)cc2)cc1. The summed E-state index contributed by atoms with van der Waals surface area (Å²) in [5, 5.41) is 7.67. The Bertz CT molecular complexity index is 3880. The third-order valence-electron chi connectivity index (χ3n) is 14.4. The molecule has 0 radical (unpaired) electrons. The highest BCUT2D eigenvalue weighted by Crippen LogP contribution is 2.61. The number of hydrogen-bond acceptors (Lipinski definition) is 1. The van der Waals surface area contributed by atoms with Crippen molar-refractivity contribution in [3.63, 3.8) is 0 Å². The summed E-state index contributed by atoms with van der Waals surface area (Å²) in [4.78, 5) is 2.36. The van der Waals surface area contributed by atoms with Crippen molar-refractivity contribution in [1.82, 2.24) is 4.57 Å². The average Bonchev–Trinajstić information content (AvgIpc) is 3.87. The van der Waals surface area contributed by atoms with Gasteiger partial charge in [-0.2, -0.15) is 0 Å². The van der Waals surface area contributed by atoms with Crippen LogP contribution < -0.4 is 4.90 Å². The second kappa shape index (κ2) is 13.8. The summed E-state index contributed by atoms with van der Waals surface area (Å²) in [6.07, 6.45) is 0. The average molecular weight is 825 g/mol. The van der Waals surface area contributed by atoms with Crippen molar-refractivity contribution in [3.05, 3.63) is 265 Å². The van der Waals surface area contributed by atoms with Crippen LogP contribution in [0.25, 0.3) is 82.4 Å². The number of hydrogen-bond donors (Lipinski definition) is 0. The van der Waals surface area contributed by atoms with E-state index in [1.54, 1.807) is 0 Å². The molecule has 1 aromatic heterocycles. The molecule has 2 heterocycles. The number of nitrogens with zero attached hydrogens (tertiary/aromatic N) is 2. The second-order valence-corrected chi connectivity index (χ2v) is 17.6. The molecule has 0 amide bonds.